The van der Waals surface area contributed by atoms with Gasteiger partial charge < -0.3 is 10.6 Å². The van der Waals surface area contributed by atoms with Crippen LogP contribution in [0.1, 0.15) is 10.5 Å². The van der Waals surface area contributed by atoms with Gasteiger partial charge in [0, 0.05) is 11.4 Å². The van der Waals surface area contributed by atoms with Gasteiger partial charge in [0.2, 0.25) is 0 Å². The highest BCUT2D eigenvalue weighted by Crippen LogP contribution is 2.15. The summed E-state index contributed by atoms with van der Waals surface area (Å²) in [6.07, 6.45) is 1.65. The molecule has 2 N–H and O–H groups in total. The molecule has 4 nitrogen and oxygen atoms in total. The van der Waals surface area contributed by atoms with Gasteiger partial charge in [-0.3, -0.25) is 4.79 Å². The third kappa shape index (κ3) is 3.49. The van der Waals surface area contributed by atoms with Crippen molar-refractivity contribution < 1.29 is 4.79 Å². The van der Waals surface area contributed by atoms with Crippen LogP contribution in [0, 0.1) is 0 Å². The van der Waals surface area contributed by atoms with E-state index in [1.165, 1.54) is 0 Å². The van der Waals surface area contributed by atoms with E-state index in [1.54, 1.807) is 12.3 Å². The fourth-order valence-electron chi connectivity index (χ4n) is 2.01. The number of carbonyl (C=O) groups is 1. The minimum absolute atomic E-state index is 0.225. The molecule has 3 aromatic rings. The van der Waals surface area contributed by atoms with E-state index >= 15 is 0 Å². The minimum atomic E-state index is -0.225. The molecule has 22 heavy (non-hydrogen) atoms. The minimum Gasteiger partial charge on any atom is -0.354 e. The van der Waals surface area contributed by atoms with Crippen molar-refractivity contribution in [3.63, 3.8) is 0 Å². The van der Waals surface area contributed by atoms with Crippen LogP contribution in [0.15, 0.2) is 79.0 Å². The maximum absolute atomic E-state index is 12.1. The third-order valence-electron chi connectivity index (χ3n) is 3.09. The largest absolute Gasteiger partial charge is 0.354 e. The first-order valence-electron chi connectivity index (χ1n) is 6.96. The molecule has 0 aliphatic rings. The van der Waals surface area contributed by atoms with Crippen LogP contribution in [-0.2, 0) is 0 Å². The first-order valence-corrected chi connectivity index (χ1v) is 6.96. The number of aromatic nitrogens is 1. The Labute approximate surface area is 128 Å². The number of carbonyl (C=O) groups excluding carboxylic acids is 1. The number of benzene rings is 2. The Bertz CT molecular complexity index is 740. The van der Waals surface area contributed by atoms with Crippen LogP contribution in [-0.4, -0.2) is 10.9 Å². The van der Waals surface area contributed by atoms with Gasteiger partial charge in [-0.05, 0) is 36.4 Å². The van der Waals surface area contributed by atoms with Crippen LogP contribution in [0.2, 0.25) is 0 Å². The molecule has 0 unspecified atom stereocenters. The number of hydrogen-bond acceptors (Lipinski definition) is 3. The second-order valence-corrected chi connectivity index (χ2v) is 4.74. The molecule has 1 aromatic heterocycles. The number of anilines is 3. The molecule has 0 spiro atoms. The van der Waals surface area contributed by atoms with Gasteiger partial charge >= 0.3 is 0 Å². The molecule has 0 fully saturated rings. The van der Waals surface area contributed by atoms with Gasteiger partial charge in [0.1, 0.15) is 5.69 Å². The second kappa shape index (κ2) is 6.54. The summed E-state index contributed by atoms with van der Waals surface area (Å²) in [5, 5.41) is 6.03. The zero-order chi connectivity index (χ0) is 15.2. The third-order valence-corrected chi connectivity index (χ3v) is 3.09. The maximum atomic E-state index is 12.1. The average Bonchev–Trinajstić information content (AvgIpc) is 2.57. The molecule has 2 aromatic carbocycles. The highest BCUT2D eigenvalue weighted by molar-refractivity contribution is 6.02. The van der Waals surface area contributed by atoms with E-state index in [9.17, 15) is 4.79 Å². The van der Waals surface area contributed by atoms with E-state index in [-0.39, 0.29) is 5.91 Å². The summed E-state index contributed by atoms with van der Waals surface area (Å²) in [4.78, 5) is 16.3. The number of para-hydroxylation sites is 2. The predicted molar refractivity (Wildman–Crippen MR) is 88.4 cm³/mol. The van der Waals surface area contributed by atoms with E-state index < -0.39 is 0 Å². The monoisotopic (exact) mass is 289 g/mol. The molecule has 4 heteroatoms. The van der Waals surface area contributed by atoms with Crippen molar-refractivity contribution in [1.82, 2.24) is 4.98 Å². The van der Waals surface area contributed by atoms with Crippen molar-refractivity contribution in [2.24, 2.45) is 0 Å². The van der Waals surface area contributed by atoms with Gasteiger partial charge in [0.05, 0.1) is 11.9 Å². The molecular weight excluding hydrogens is 274 g/mol. The van der Waals surface area contributed by atoms with E-state index in [0.717, 1.165) is 17.1 Å². The molecule has 0 saturated carbocycles. The Balaban J connectivity index is 1.67. The molecule has 0 bridgehead atoms. The maximum Gasteiger partial charge on any atom is 0.274 e. The van der Waals surface area contributed by atoms with Gasteiger partial charge in [0.25, 0.3) is 5.91 Å². The summed E-state index contributed by atoms with van der Waals surface area (Å²) >= 11 is 0. The van der Waals surface area contributed by atoms with Crippen molar-refractivity contribution in [2.45, 2.75) is 0 Å². The normalized spacial score (nSPS) is 10.0. The summed E-state index contributed by atoms with van der Waals surface area (Å²) < 4.78 is 0. The molecule has 0 saturated heterocycles. The van der Waals surface area contributed by atoms with Crippen LogP contribution >= 0.6 is 0 Å². The van der Waals surface area contributed by atoms with Gasteiger partial charge in [-0.2, -0.15) is 0 Å². The predicted octanol–water partition coefficient (Wildman–Crippen LogP) is 4.08. The van der Waals surface area contributed by atoms with Crippen LogP contribution in [0.25, 0.3) is 0 Å². The molecular formula is C18H15N3O. The number of amides is 1. The van der Waals surface area contributed by atoms with E-state index in [2.05, 4.69) is 15.6 Å². The molecule has 0 radical (unpaired) electrons. The van der Waals surface area contributed by atoms with Crippen molar-refractivity contribution in [3.8, 4) is 0 Å². The Morgan fingerprint density at radius 2 is 1.36 bits per heavy atom. The standard InChI is InChI=1S/C18H15N3O/c22-18(21-15-9-5-2-6-10-15)17-12-11-16(13-19-17)20-14-7-3-1-4-8-14/h1-13,20H,(H,21,22). The Hall–Kier alpha value is -3.14. The lowest BCUT2D eigenvalue weighted by Crippen LogP contribution is -2.13. The highest BCUT2D eigenvalue weighted by Gasteiger charge is 2.07. The van der Waals surface area contributed by atoms with Crippen LogP contribution < -0.4 is 10.6 Å². The lowest BCUT2D eigenvalue weighted by molar-refractivity contribution is 0.102. The number of hydrogen-bond donors (Lipinski definition) is 2. The summed E-state index contributed by atoms with van der Waals surface area (Å²) in [6, 6.07) is 22.7. The van der Waals surface area contributed by atoms with Gasteiger partial charge in [-0.15, -0.1) is 0 Å². The van der Waals surface area contributed by atoms with Crippen molar-refractivity contribution in [2.75, 3.05) is 10.6 Å². The summed E-state index contributed by atoms with van der Waals surface area (Å²) in [6.45, 7) is 0. The van der Waals surface area contributed by atoms with Crippen molar-refractivity contribution in [1.29, 1.82) is 0 Å². The Kier molecular flexibility index (Phi) is 4.11. The van der Waals surface area contributed by atoms with Crippen molar-refractivity contribution in [3.05, 3.63) is 84.7 Å². The second-order valence-electron chi connectivity index (χ2n) is 4.74. The zero-order valence-corrected chi connectivity index (χ0v) is 11.9. The number of pyridine rings is 1. The Morgan fingerprint density at radius 3 is 1.95 bits per heavy atom. The SMILES string of the molecule is O=C(Nc1ccccc1)c1ccc(Nc2ccccc2)cn1. The number of rotatable bonds is 4. The lowest BCUT2D eigenvalue weighted by Gasteiger charge is -2.07. The van der Waals surface area contributed by atoms with Crippen LogP contribution in [0.4, 0.5) is 17.1 Å². The molecule has 3 rings (SSSR count). The molecule has 108 valence electrons. The van der Waals surface area contributed by atoms with Gasteiger partial charge in [0.15, 0.2) is 0 Å². The van der Waals surface area contributed by atoms with Gasteiger partial charge in [-0.25, -0.2) is 4.98 Å². The first kappa shape index (κ1) is 13.8. The molecule has 1 amide bonds. The fraction of sp³-hybridized carbons (Fsp3) is 0. The summed E-state index contributed by atoms with van der Waals surface area (Å²) in [5.74, 6) is -0.225. The molecule has 0 aliphatic carbocycles. The van der Waals surface area contributed by atoms with E-state index in [0.29, 0.717) is 5.69 Å². The highest BCUT2D eigenvalue weighted by atomic mass is 16.1. The number of nitrogens with zero attached hydrogens (tertiary/aromatic N) is 1. The zero-order valence-electron chi connectivity index (χ0n) is 11.9. The first-order chi connectivity index (χ1) is 10.8. The summed E-state index contributed by atoms with van der Waals surface area (Å²) in [7, 11) is 0. The van der Waals surface area contributed by atoms with Crippen LogP contribution in [0.5, 0.6) is 0 Å². The van der Waals surface area contributed by atoms with Gasteiger partial charge in [-0.1, -0.05) is 36.4 Å². The Morgan fingerprint density at radius 1 is 0.727 bits per heavy atom. The number of nitrogens with one attached hydrogen (secondary N) is 2. The quantitative estimate of drug-likeness (QED) is 0.761. The summed E-state index contributed by atoms with van der Waals surface area (Å²) in [5.41, 5.74) is 2.94. The average molecular weight is 289 g/mol. The van der Waals surface area contributed by atoms with E-state index in [4.69, 9.17) is 0 Å². The molecule has 0 aliphatic heterocycles. The molecule has 0 atom stereocenters. The van der Waals surface area contributed by atoms with Crippen molar-refractivity contribution >= 4 is 23.0 Å². The molecule has 1 heterocycles. The van der Waals surface area contributed by atoms with Crippen LogP contribution in [0.3, 0.4) is 0 Å². The topological polar surface area (TPSA) is 54.0 Å². The van der Waals surface area contributed by atoms with E-state index in [1.807, 2.05) is 66.7 Å². The lowest BCUT2D eigenvalue weighted by atomic mass is 10.2. The smallest absolute Gasteiger partial charge is 0.274 e. The fourth-order valence-corrected chi connectivity index (χ4v) is 2.01.